The first-order valence-electron chi connectivity index (χ1n) is 11.6. The summed E-state index contributed by atoms with van der Waals surface area (Å²) in [6, 6.07) is 0. The summed E-state index contributed by atoms with van der Waals surface area (Å²) < 4.78 is 0. The van der Waals surface area contributed by atoms with E-state index >= 15 is 0 Å². The summed E-state index contributed by atoms with van der Waals surface area (Å²) in [5.74, 6) is -5.97. The third kappa shape index (κ3) is 17.5. The number of imide groups is 1. The molecule has 0 saturated heterocycles. The van der Waals surface area contributed by atoms with Crippen LogP contribution >= 0.6 is 0 Å². The van der Waals surface area contributed by atoms with Gasteiger partial charge in [-0.05, 0) is 19.4 Å². The number of amides is 3. The van der Waals surface area contributed by atoms with Crippen LogP contribution in [-0.4, -0.2) is 154 Å². The molecule has 0 aliphatic heterocycles. The van der Waals surface area contributed by atoms with E-state index in [1.807, 2.05) is 0 Å². The summed E-state index contributed by atoms with van der Waals surface area (Å²) in [6.07, 6.45) is 3.35. The fourth-order valence-corrected chi connectivity index (χ4v) is 3.22. The van der Waals surface area contributed by atoms with Crippen LogP contribution in [0.15, 0.2) is 12.2 Å². The van der Waals surface area contributed by atoms with Crippen LogP contribution in [0.3, 0.4) is 0 Å². The van der Waals surface area contributed by atoms with Gasteiger partial charge in [0.05, 0.1) is 32.7 Å². The maximum Gasteiger partial charge on any atom is 0.317 e. The lowest BCUT2D eigenvalue weighted by Crippen LogP contribution is -2.47. The molecule has 0 aliphatic carbocycles. The Bertz CT molecular complexity index is 793. The van der Waals surface area contributed by atoms with Gasteiger partial charge < -0.3 is 25.7 Å². The zero-order chi connectivity index (χ0) is 29.1. The Morgan fingerprint density at radius 2 is 1.08 bits per heavy atom. The molecule has 0 aromatic carbocycles. The van der Waals surface area contributed by atoms with Gasteiger partial charge in [0.15, 0.2) is 0 Å². The highest BCUT2D eigenvalue weighted by Crippen LogP contribution is 1.98. The molecule has 16 nitrogen and oxygen atoms in total. The summed E-state index contributed by atoms with van der Waals surface area (Å²) in [4.78, 5) is 84.2. The van der Waals surface area contributed by atoms with E-state index < -0.39 is 61.9 Å². The Morgan fingerprint density at radius 3 is 1.45 bits per heavy atom. The van der Waals surface area contributed by atoms with Crippen molar-refractivity contribution in [2.24, 2.45) is 0 Å². The van der Waals surface area contributed by atoms with Crippen LogP contribution in [0, 0.1) is 0 Å². The Labute approximate surface area is 219 Å². The third-order valence-electron chi connectivity index (χ3n) is 4.89. The lowest BCUT2D eigenvalue weighted by molar-refractivity contribution is -0.143. The number of aliphatic carboxylic acids is 4. The lowest BCUT2D eigenvalue weighted by Gasteiger charge is -2.28. The molecule has 0 radical (unpaired) electrons. The van der Waals surface area contributed by atoms with E-state index in [1.165, 1.54) is 17.1 Å². The zero-order valence-corrected chi connectivity index (χ0v) is 21.2. The molecule has 0 aromatic rings. The van der Waals surface area contributed by atoms with Crippen molar-refractivity contribution >= 4 is 42.1 Å². The van der Waals surface area contributed by atoms with Crippen LogP contribution in [0.1, 0.15) is 13.3 Å². The first-order valence-corrected chi connectivity index (χ1v) is 11.6. The molecular weight excluding hydrogens is 510 g/mol. The predicted molar refractivity (Wildman–Crippen MR) is 130 cm³/mol. The van der Waals surface area contributed by atoms with Crippen molar-refractivity contribution in [1.82, 2.24) is 24.9 Å². The molecule has 0 unspecified atom stereocenters. The molecule has 0 aliphatic rings. The molecule has 0 spiro atoms. The average Bonchev–Trinajstić information content (AvgIpc) is 2.79. The number of hydrogen-bond donors (Lipinski definition) is 5. The number of carbonyl (C=O) groups is 7. The van der Waals surface area contributed by atoms with Crippen LogP contribution in [0.4, 0.5) is 0 Å². The molecule has 16 heteroatoms. The highest BCUT2D eigenvalue weighted by Gasteiger charge is 2.19. The van der Waals surface area contributed by atoms with Crippen molar-refractivity contribution in [1.29, 1.82) is 0 Å². The first kappa shape index (κ1) is 34.1. The molecule has 0 atom stereocenters. The van der Waals surface area contributed by atoms with Crippen molar-refractivity contribution in [3.05, 3.63) is 12.2 Å². The molecule has 0 rings (SSSR count). The standard InChI is InChI=1S/C22H35N5O11/c1-2-4-18(30)27(16-28)6-3-5-23-17(29)11-24(7-9-25(12-19(31)32)13-20(33)34)8-10-26(14-21(35)36)15-22(37)38/h2,4,16H,3,5-15H2,1H3,(H,23,29)(H,31,32)(H,33,34)(H,35,36)(H,37,38)/b4-2-. The zero-order valence-electron chi connectivity index (χ0n) is 21.2. The largest absolute Gasteiger partial charge is 0.480 e. The lowest BCUT2D eigenvalue weighted by atomic mass is 10.3. The summed E-state index contributed by atoms with van der Waals surface area (Å²) >= 11 is 0. The quantitative estimate of drug-likeness (QED) is 0.0530. The van der Waals surface area contributed by atoms with E-state index in [1.54, 1.807) is 6.92 Å². The van der Waals surface area contributed by atoms with Gasteiger partial charge in [-0.15, -0.1) is 0 Å². The Hall–Kier alpha value is -3.89. The van der Waals surface area contributed by atoms with Gasteiger partial charge in [0.25, 0.3) is 5.91 Å². The molecule has 5 N–H and O–H groups in total. The Morgan fingerprint density at radius 1 is 0.658 bits per heavy atom. The minimum absolute atomic E-state index is 0.0265. The normalized spacial score (nSPS) is 11.2. The molecule has 214 valence electrons. The molecule has 0 saturated carbocycles. The van der Waals surface area contributed by atoms with Gasteiger partial charge in [-0.2, -0.15) is 0 Å². The monoisotopic (exact) mass is 545 g/mol. The second kappa shape index (κ2) is 19.3. The highest BCUT2D eigenvalue weighted by atomic mass is 16.4. The van der Waals surface area contributed by atoms with Gasteiger partial charge in [0, 0.05) is 39.3 Å². The van der Waals surface area contributed by atoms with Crippen LogP contribution < -0.4 is 5.32 Å². The van der Waals surface area contributed by atoms with Gasteiger partial charge in [-0.3, -0.25) is 53.2 Å². The van der Waals surface area contributed by atoms with Crippen molar-refractivity contribution in [2.75, 3.05) is 72.0 Å². The van der Waals surface area contributed by atoms with Crippen molar-refractivity contribution in [2.45, 2.75) is 13.3 Å². The number of carbonyl (C=O) groups excluding carboxylic acids is 3. The summed E-state index contributed by atoms with van der Waals surface area (Å²) in [6.45, 7) is -0.719. The number of carboxylic acid groups (broad SMARTS) is 4. The molecule has 0 heterocycles. The van der Waals surface area contributed by atoms with Crippen molar-refractivity contribution < 1.29 is 54.0 Å². The highest BCUT2D eigenvalue weighted by molar-refractivity contribution is 5.94. The Balaban J connectivity index is 5.17. The molecule has 3 amide bonds. The van der Waals surface area contributed by atoms with E-state index in [4.69, 9.17) is 20.4 Å². The second-order valence-electron chi connectivity index (χ2n) is 8.11. The molecule has 0 fully saturated rings. The van der Waals surface area contributed by atoms with Gasteiger partial charge in [0.2, 0.25) is 12.3 Å². The van der Waals surface area contributed by atoms with Crippen LogP contribution in [-0.2, 0) is 33.6 Å². The number of nitrogens with zero attached hydrogens (tertiary/aromatic N) is 4. The summed E-state index contributed by atoms with van der Waals surface area (Å²) in [5.41, 5.74) is 0. The van der Waals surface area contributed by atoms with E-state index in [-0.39, 0.29) is 52.2 Å². The number of carboxylic acids is 4. The SMILES string of the molecule is C/C=C\C(=O)N(C=O)CCCNC(=O)CN(CCN(CC(=O)O)CC(=O)O)CCN(CC(=O)O)CC(=O)O. The topological polar surface area (TPSA) is 225 Å². The average molecular weight is 546 g/mol. The first-order chi connectivity index (χ1) is 17.9. The number of rotatable bonds is 22. The smallest absolute Gasteiger partial charge is 0.317 e. The van der Waals surface area contributed by atoms with Crippen LogP contribution in [0.5, 0.6) is 0 Å². The molecule has 0 bridgehead atoms. The summed E-state index contributed by atoms with van der Waals surface area (Å²) in [7, 11) is 0. The fraction of sp³-hybridized carbons (Fsp3) is 0.591. The summed E-state index contributed by atoms with van der Waals surface area (Å²) in [5, 5.41) is 38.7. The Kier molecular flexibility index (Phi) is 17.3. The molecule has 0 aromatic heterocycles. The van der Waals surface area contributed by atoms with Crippen LogP contribution in [0.25, 0.3) is 0 Å². The predicted octanol–water partition coefficient (Wildman–Crippen LogP) is -2.70. The number of allylic oxidation sites excluding steroid dienone is 1. The van der Waals surface area contributed by atoms with E-state index in [0.717, 1.165) is 14.7 Å². The van der Waals surface area contributed by atoms with Gasteiger partial charge in [-0.1, -0.05) is 6.08 Å². The molecule has 38 heavy (non-hydrogen) atoms. The van der Waals surface area contributed by atoms with Crippen molar-refractivity contribution in [3.8, 4) is 0 Å². The van der Waals surface area contributed by atoms with E-state index in [2.05, 4.69) is 5.32 Å². The molecular formula is C22H35N5O11. The number of hydrogen-bond acceptors (Lipinski definition) is 10. The minimum atomic E-state index is -1.25. The van der Waals surface area contributed by atoms with Crippen molar-refractivity contribution in [3.63, 3.8) is 0 Å². The second-order valence-corrected chi connectivity index (χ2v) is 8.11. The minimum Gasteiger partial charge on any atom is -0.480 e. The van der Waals surface area contributed by atoms with E-state index in [9.17, 15) is 33.6 Å². The van der Waals surface area contributed by atoms with Gasteiger partial charge >= 0.3 is 23.9 Å². The fourth-order valence-electron chi connectivity index (χ4n) is 3.22. The van der Waals surface area contributed by atoms with E-state index in [0.29, 0.717) is 6.41 Å². The maximum absolute atomic E-state index is 12.5. The van der Waals surface area contributed by atoms with Gasteiger partial charge in [0.1, 0.15) is 0 Å². The van der Waals surface area contributed by atoms with Crippen LogP contribution in [0.2, 0.25) is 0 Å². The third-order valence-corrected chi connectivity index (χ3v) is 4.89. The number of nitrogens with one attached hydrogen (secondary N) is 1. The maximum atomic E-state index is 12.5. The van der Waals surface area contributed by atoms with Gasteiger partial charge in [-0.25, -0.2) is 0 Å².